The van der Waals surface area contributed by atoms with Crippen molar-refractivity contribution in [2.45, 2.75) is 0 Å². The third-order valence-electron chi connectivity index (χ3n) is 2.61. The monoisotopic (exact) mass is 267 g/mol. The summed E-state index contributed by atoms with van der Waals surface area (Å²) in [7, 11) is 4.06. The lowest BCUT2D eigenvalue weighted by atomic mass is 10.1. The van der Waals surface area contributed by atoms with Crippen LogP contribution in [0.1, 0.15) is 10.4 Å². The van der Waals surface area contributed by atoms with Gasteiger partial charge in [-0.1, -0.05) is 0 Å². The van der Waals surface area contributed by atoms with Crippen molar-refractivity contribution in [3.8, 4) is 11.5 Å². The van der Waals surface area contributed by atoms with E-state index < -0.39 is 0 Å². The molecule has 4 nitrogen and oxygen atoms in total. The van der Waals surface area contributed by atoms with Gasteiger partial charge in [0, 0.05) is 17.9 Å². The van der Waals surface area contributed by atoms with E-state index in [4.69, 9.17) is 9.47 Å². The van der Waals surface area contributed by atoms with Crippen molar-refractivity contribution in [1.82, 2.24) is 4.90 Å². The predicted octanol–water partition coefficient (Wildman–Crippen LogP) is 1.89. The molecule has 1 aliphatic heterocycles. The Morgan fingerprint density at radius 2 is 2.11 bits per heavy atom. The number of rotatable bonds is 6. The molecular weight excluding hydrogens is 250 g/mol. The summed E-state index contributed by atoms with van der Waals surface area (Å²) in [5.41, 5.74) is 0.691. The number of carbonyl (C=O) groups excluding carboxylic acids is 1. The van der Waals surface area contributed by atoms with Gasteiger partial charge in [-0.05, 0) is 32.3 Å². The maximum absolute atomic E-state index is 12.0. The van der Waals surface area contributed by atoms with E-state index in [1.165, 1.54) is 0 Å². The van der Waals surface area contributed by atoms with Crippen molar-refractivity contribution < 1.29 is 14.3 Å². The van der Waals surface area contributed by atoms with E-state index in [2.05, 4.69) is 4.90 Å². The van der Waals surface area contributed by atoms with E-state index in [1.54, 1.807) is 30.0 Å². The number of Topliss-reactive ketones (excluding diaryl/α,β-unsaturated/α-hetero) is 1. The second-order valence-electron chi connectivity index (χ2n) is 4.35. The molecule has 1 heterocycles. The zero-order valence-corrected chi connectivity index (χ0v) is 11.5. The second-order valence-corrected chi connectivity index (χ2v) is 5.45. The summed E-state index contributed by atoms with van der Waals surface area (Å²) in [5.74, 6) is 2.99. The van der Waals surface area contributed by atoms with Crippen LogP contribution in [0.15, 0.2) is 18.2 Å². The average Bonchev–Trinajstić information content (AvgIpc) is 2.81. The van der Waals surface area contributed by atoms with Crippen molar-refractivity contribution in [3.63, 3.8) is 0 Å². The maximum atomic E-state index is 12.0. The Kier molecular flexibility index (Phi) is 4.49. The molecule has 2 rings (SSSR count). The molecule has 1 aromatic rings. The number of carbonyl (C=O) groups is 1. The van der Waals surface area contributed by atoms with Crippen LogP contribution in [0.4, 0.5) is 0 Å². The Hall–Kier alpha value is -1.20. The third kappa shape index (κ3) is 3.40. The minimum absolute atomic E-state index is 0.136. The highest BCUT2D eigenvalue weighted by Gasteiger charge is 2.15. The average molecular weight is 267 g/mol. The fraction of sp³-hybridized carbons (Fsp3) is 0.462. The highest BCUT2D eigenvalue weighted by atomic mass is 32.2. The minimum atomic E-state index is 0.136. The molecule has 0 aromatic heterocycles. The van der Waals surface area contributed by atoms with Gasteiger partial charge in [0.2, 0.25) is 6.79 Å². The molecule has 0 spiro atoms. The molecular formula is C13H17NO3S. The highest BCUT2D eigenvalue weighted by Crippen LogP contribution is 2.32. The number of ether oxygens (including phenoxy) is 2. The molecule has 98 valence electrons. The topological polar surface area (TPSA) is 38.8 Å². The molecule has 0 amide bonds. The predicted molar refractivity (Wildman–Crippen MR) is 72.8 cm³/mol. The number of ketones is 1. The van der Waals surface area contributed by atoms with Gasteiger partial charge in [0.25, 0.3) is 0 Å². The van der Waals surface area contributed by atoms with Crippen LogP contribution in [0.25, 0.3) is 0 Å². The first-order valence-electron chi connectivity index (χ1n) is 5.82. The van der Waals surface area contributed by atoms with Crippen molar-refractivity contribution >= 4 is 17.5 Å². The van der Waals surface area contributed by atoms with Gasteiger partial charge in [0.05, 0.1) is 5.75 Å². The van der Waals surface area contributed by atoms with Crippen LogP contribution >= 0.6 is 11.8 Å². The van der Waals surface area contributed by atoms with Gasteiger partial charge in [0.1, 0.15) is 0 Å². The number of hydrogen-bond donors (Lipinski definition) is 0. The number of benzene rings is 1. The van der Waals surface area contributed by atoms with Gasteiger partial charge in [-0.15, -0.1) is 0 Å². The normalized spacial score (nSPS) is 13.1. The van der Waals surface area contributed by atoms with Gasteiger partial charge in [-0.2, -0.15) is 11.8 Å². The van der Waals surface area contributed by atoms with E-state index in [9.17, 15) is 4.79 Å². The van der Waals surface area contributed by atoms with Gasteiger partial charge >= 0.3 is 0 Å². The third-order valence-corrected chi connectivity index (χ3v) is 3.55. The lowest BCUT2D eigenvalue weighted by molar-refractivity contribution is 0.102. The van der Waals surface area contributed by atoms with Gasteiger partial charge < -0.3 is 14.4 Å². The van der Waals surface area contributed by atoms with Crippen molar-refractivity contribution in [3.05, 3.63) is 23.8 Å². The smallest absolute Gasteiger partial charge is 0.231 e. The summed E-state index contributed by atoms with van der Waals surface area (Å²) in [4.78, 5) is 14.1. The molecule has 0 aliphatic carbocycles. The van der Waals surface area contributed by atoms with Crippen LogP contribution < -0.4 is 9.47 Å². The van der Waals surface area contributed by atoms with Crippen molar-refractivity contribution in [2.75, 3.05) is 38.9 Å². The molecule has 0 N–H and O–H groups in total. The molecule has 0 radical (unpaired) electrons. The van der Waals surface area contributed by atoms with Gasteiger partial charge in [0.15, 0.2) is 17.3 Å². The Morgan fingerprint density at radius 1 is 1.33 bits per heavy atom. The Bertz CT molecular complexity index is 434. The summed E-state index contributed by atoms with van der Waals surface area (Å²) in [6.45, 7) is 1.23. The lowest BCUT2D eigenvalue weighted by Crippen LogP contribution is -2.15. The lowest BCUT2D eigenvalue weighted by Gasteiger charge is -2.08. The molecule has 1 aliphatic rings. The van der Waals surface area contributed by atoms with Crippen LogP contribution in [0.3, 0.4) is 0 Å². The van der Waals surface area contributed by atoms with E-state index in [1.807, 2.05) is 14.1 Å². The first kappa shape index (κ1) is 13.2. The zero-order chi connectivity index (χ0) is 13.0. The molecule has 0 saturated carbocycles. The minimum Gasteiger partial charge on any atom is -0.454 e. The molecule has 0 atom stereocenters. The number of hydrogen-bond acceptors (Lipinski definition) is 5. The largest absolute Gasteiger partial charge is 0.454 e. The summed E-state index contributed by atoms with van der Waals surface area (Å²) in [6, 6.07) is 5.35. The Balaban J connectivity index is 1.85. The summed E-state index contributed by atoms with van der Waals surface area (Å²) in [6.07, 6.45) is 0. The van der Waals surface area contributed by atoms with E-state index in [0.717, 1.165) is 12.3 Å². The number of thioether (sulfide) groups is 1. The van der Waals surface area contributed by atoms with E-state index >= 15 is 0 Å². The summed E-state index contributed by atoms with van der Waals surface area (Å²) < 4.78 is 10.5. The molecule has 0 fully saturated rings. The van der Waals surface area contributed by atoms with E-state index in [0.29, 0.717) is 22.8 Å². The van der Waals surface area contributed by atoms with Crippen LogP contribution in [-0.4, -0.2) is 49.6 Å². The second kappa shape index (κ2) is 6.11. The number of fused-ring (bicyclic) bond motifs is 1. The SMILES string of the molecule is CN(C)CCSCC(=O)c1ccc2c(c1)OCO2. The Morgan fingerprint density at radius 3 is 2.89 bits per heavy atom. The van der Waals surface area contributed by atoms with Crippen LogP contribution in [0.5, 0.6) is 11.5 Å². The fourth-order valence-corrected chi connectivity index (χ4v) is 2.56. The van der Waals surface area contributed by atoms with Gasteiger partial charge in [-0.3, -0.25) is 4.79 Å². The van der Waals surface area contributed by atoms with Crippen LogP contribution in [-0.2, 0) is 0 Å². The van der Waals surface area contributed by atoms with Crippen LogP contribution in [0.2, 0.25) is 0 Å². The first-order valence-corrected chi connectivity index (χ1v) is 6.97. The fourth-order valence-electron chi connectivity index (χ4n) is 1.57. The van der Waals surface area contributed by atoms with E-state index in [-0.39, 0.29) is 12.6 Å². The highest BCUT2D eigenvalue weighted by molar-refractivity contribution is 8.00. The molecule has 1 aromatic carbocycles. The standard InChI is InChI=1S/C13H17NO3S/c1-14(2)5-6-18-8-11(15)10-3-4-12-13(7-10)17-9-16-12/h3-4,7H,5-6,8-9H2,1-2H3. The molecule has 0 unspecified atom stereocenters. The number of nitrogens with zero attached hydrogens (tertiary/aromatic N) is 1. The summed E-state index contributed by atoms with van der Waals surface area (Å²) in [5, 5.41) is 0. The molecule has 5 heteroatoms. The van der Waals surface area contributed by atoms with Crippen molar-refractivity contribution in [1.29, 1.82) is 0 Å². The van der Waals surface area contributed by atoms with Gasteiger partial charge in [-0.25, -0.2) is 0 Å². The summed E-state index contributed by atoms with van der Waals surface area (Å²) >= 11 is 1.65. The van der Waals surface area contributed by atoms with Crippen molar-refractivity contribution in [2.24, 2.45) is 0 Å². The molecule has 18 heavy (non-hydrogen) atoms. The zero-order valence-electron chi connectivity index (χ0n) is 10.6. The molecule has 0 saturated heterocycles. The maximum Gasteiger partial charge on any atom is 0.231 e. The Labute approximate surface area is 111 Å². The molecule has 0 bridgehead atoms. The van der Waals surface area contributed by atoms with Crippen LogP contribution in [0, 0.1) is 0 Å². The quantitative estimate of drug-likeness (QED) is 0.581. The first-order chi connectivity index (χ1) is 8.66.